The Bertz CT molecular complexity index is 1180. The van der Waals surface area contributed by atoms with Crippen molar-refractivity contribution < 1.29 is 14.5 Å². The van der Waals surface area contributed by atoms with Crippen molar-refractivity contribution >= 4 is 34.7 Å². The maximum Gasteiger partial charge on any atom is 0.321 e. The minimum absolute atomic E-state index is 0.0935. The Morgan fingerprint density at radius 1 is 0.968 bits per heavy atom. The first-order chi connectivity index (χ1) is 15.0. The Labute approximate surface area is 177 Å². The smallest absolute Gasteiger partial charge is 0.321 e. The van der Waals surface area contributed by atoms with Crippen LogP contribution in [0.5, 0.6) is 0 Å². The van der Waals surface area contributed by atoms with Crippen LogP contribution in [0.25, 0.3) is 0 Å². The third-order valence-corrected chi connectivity index (χ3v) is 4.60. The van der Waals surface area contributed by atoms with E-state index in [2.05, 4.69) is 20.9 Å². The first-order valence-electron chi connectivity index (χ1n) is 9.37. The molecule has 4 rings (SSSR count). The lowest BCUT2D eigenvalue weighted by atomic mass is 10.0. The van der Waals surface area contributed by atoms with Gasteiger partial charge < -0.3 is 16.0 Å². The summed E-state index contributed by atoms with van der Waals surface area (Å²) in [6.45, 7) is 0. The molecule has 154 valence electrons. The number of benzodiazepines with no additional fused rings is 1. The van der Waals surface area contributed by atoms with E-state index in [0.29, 0.717) is 17.1 Å². The maximum atomic E-state index is 12.7. The van der Waals surface area contributed by atoms with E-state index in [1.54, 1.807) is 12.1 Å². The third-order valence-electron chi connectivity index (χ3n) is 4.60. The highest BCUT2D eigenvalue weighted by molar-refractivity contribution is 6.19. The van der Waals surface area contributed by atoms with Gasteiger partial charge in [0.05, 0.1) is 16.3 Å². The number of aliphatic imine (C=N–C) groups is 1. The van der Waals surface area contributed by atoms with Gasteiger partial charge in [-0.25, -0.2) is 9.79 Å². The van der Waals surface area contributed by atoms with Crippen LogP contribution in [0.4, 0.5) is 21.9 Å². The average molecular weight is 415 g/mol. The van der Waals surface area contributed by atoms with Crippen molar-refractivity contribution in [3.8, 4) is 0 Å². The number of carbonyl (C=O) groups is 2. The Hall–Kier alpha value is -4.53. The van der Waals surface area contributed by atoms with Crippen molar-refractivity contribution in [1.29, 1.82) is 0 Å². The zero-order valence-corrected chi connectivity index (χ0v) is 16.1. The quantitative estimate of drug-likeness (QED) is 0.445. The lowest BCUT2D eigenvalue weighted by Gasteiger charge is -2.14. The molecule has 9 nitrogen and oxygen atoms in total. The number of nitrogens with zero attached hydrogens (tertiary/aromatic N) is 2. The van der Waals surface area contributed by atoms with Crippen LogP contribution >= 0.6 is 0 Å². The summed E-state index contributed by atoms with van der Waals surface area (Å²) in [6.07, 6.45) is -1.18. The van der Waals surface area contributed by atoms with Gasteiger partial charge in [-0.1, -0.05) is 48.5 Å². The first-order valence-corrected chi connectivity index (χ1v) is 9.37. The molecule has 0 saturated heterocycles. The fourth-order valence-corrected chi connectivity index (χ4v) is 3.14. The number of nitro benzene ring substituents is 1. The topological polar surface area (TPSA) is 126 Å². The fraction of sp³-hybridized carbons (Fsp3) is 0.0455. The largest absolute Gasteiger partial charge is 0.322 e. The highest BCUT2D eigenvalue weighted by Gasteiger charge is 2.27. The van der Waals surface area contributed by atoms with Gasteiger partial charge in [-0.05, 0) is 18.2 Å². The van der Waals surface area contributed by atoms with Gasteiger partial charge in [-0.2, -0.15) is 0 Å². The number of carbonyl (C=O) groups excluding carboxylic acids is 2. The molecule has 0 bridgehead atoms. The van der Waals surface area contributed by atoms with Crippen molar-refractivity contribution in [2.75, 3.05) is 10.6 Å². The van der Waals surface area contributed by atoms with E-state index < -0.39 is 23.0 Å². The predicted octanol–water partition coefficient (Wildman–Crippen LogP) is 3.53. The van der Waals surface area contributed by atoms with Gasteiger partial charge >= 0.3 is 6.03 Å². The van der Waals surface area contributed by atoms with E-state index >= 15 is 0 Å². The molecule has 0 fully saturated rings. The summed E-state index contributed by atoms with van der Waals surface area (Å²) >= 11 is 0. The number of non-ortho nitro benzene ring substituents is 1. The van der Waals surface area contributed by atoms with Crippen molar-refractivity contribution in [3.63, 3.8) is 0 Å². The van der Waals surface area contributed by atoms with E-state index in [1.165, 1.54) is 24.3 Å². The molecule has 0 aliphatic carbocycles. The van der Waals surface area contributed by atoms with Crippen LogP contribution in [0.15, 0.2) is 83.9 Å². The minimum atomic E-state index is -1.18. The predicted molar refractivity (Wildman–Crippen MR) is 116 cm³/mol. The summed E-state index contributed by atoms with van der Waals surface area (Å²) in [5, 5.41) is 18.6. The molecule has 0 spiro atoms. The molecule has 0 radical (unpaired) electrons. The minimum Gasteiger partial charge on any atom is -0.322 e. The Morgan fingerprint density at radius 3 is 2.35 bits per heavy atom. The number of rotatable bonds is 4. The summed E-state index contributed by atoms with van der Waals surface area (Å²) in [5.74, 6) is -0.489. The number of nitrogens with one attached hydrogen (secondary N) is 3. The normalized spacial score (nSPS) is 15.0. The van der Waals surface area contributed by atoms with Crippen LogP contribution in [0.1, 0.15) is 11.1 Å². The number of hydrogen-bond acceptors (Lipinski definition) is 5. The van der Waals surface area contributed by atoms with Crippen molar-refractivity contribution in [3.05, 3.63) is 100 Å². The number of para-hydroxylation sites is 1. The standard InChI is InChI=1S/C22H17N5O4/c28-21-20(26-22(29)23-15-10-12-16(13-11-15)27(30)31)25-19(14-6-2-1-3-7-14)17-8-4-5-9-18(17)24-21/h1-13,20H,(H,24,28)(H2,23,26,29). The zero-order valence-electron chi connectivity index (χ0n) is 16.1. The molecule has 3 aromatic rings. The second kappa shape index (κ2) is 8.46. The van der Waals surface area contributed by atoms with Gasteiger partial charge in [-0.15, -0.1) is 0 Å². The molecule has 1 heterocycles. The van der Waals surface area contributed by atoms with E-state index in [1.807, 2.05) is 42.5 Å². The molecule has 1 unspecified atom stereocenters. The molecule has 1 atom stereocenters. The molecule has 3 N–H and O–H groups in total. The van der Waals surface area contributed by atoms with E-state index in [9.17, 15) is 19.7 Å². The Morgan fingerprint density at radius 2 is 1.65 bits per heavy atom. The molecule has 1 aliphatic rings. The molecule has 1 aliphatic heterocycles. The van der Waals surface area contributed by atoms with Gasteiger partial charge in [0.15, 0.2) is 0 Å². The lowest BCUT2D eigenvalue weighted by Crippen LogP contribution is -2.44. The van der Waals surface area contributed by atoms with Gasteiger partial charge in [0.2, 0.25) is 6.17 Å². The van der Waals surface area contributed by atoms with Crippen LogP contribution in [0.2, 0.25) is 0 Å². The number of nitro groups is 1. The van der Waals surface area contributed by atoms with Crippen LogP contribution in [-0.4, -0.2) is 28.7 Å². The summed E-state index contributed by atoms with van der Waals surface area (Å²) in [5.41, 5.74) is 2.94. The molecule has 3 aromatic carbocycles. The summed E-state index contributed by atoms with van der Waals surface area (Å²) in [6, 6.07) is 21.3. The number of amides is 3. The van der Waals surface area contributed by atoms with Gasteiger partial charge in [-0.3, -0.25) is 14.9 Å². The second-order valence-electron chi connectivity index (χ2n) is 6.68. The van der Waals surface area contributed by atoms with Crippen LogP contribution < -0.4 is 16.0 Å². The Balaban J connectivity index is 1.59. The Kier molecular flexibility index (Phi) is 5.39. The monoisotopic (exact) mass is 415 g/mol. The summed E-state index contributed by atoms with van der Waals surface area (Å²) < 4.78 is 0. The lowest BCUT2D eigenvalue weighted by molar-refractivity contribution is -0.384. The van der Waals surface area contributed by atoms with Crippen molar-refractivity contribution in [2.24, 2.45) is 4.99 Å². The van der Waals surface area contributed by atoms with Gasteiger partial charge in [0.1, 0.15) is 0 Å². The van der Waals surface area contributed by atoms with Crippen LogP contribution in [-0.2, 0) is 4.79 Å². The van der Waals surface area contributed by atoms with Gasteiger partial charge in [0.25, 0.3) is 11.6 Å². The molecule has 0 saturated carbocycles. The number of hydrogen-bond donors (Lipinski definition) is 3. The number of benzene rings is 3. The molecule has 9 heteroatoms. The molecule has 0 aromatic heterocycles. The van der Waals surface area contributed by atoms with Crippen LogP contribution in [0.3, 0.4) is 0 Å². The van der Waals surface area contributed by atoms with Crippen molar-refractivity contribution in [2.45, 2.75) is 6.17 Å². The van der Waals surface area contributed by atoms with Crippen LogP contribution in [0, 0.1) is 10.1 Å². The average Bonchev–Trinajstić information content (AvgIpc) is 2.91. The molecule has 31 heavy (non-hydrogen) atoms. The molecule has 3 amide bonds. The van der Waals surface area contributed by atoms with E-state index in [-0.39, 0.29) is 5.69 Å². The second-order valence-corrected chi connectivity index (χ2v) is 6.68. The highest BCUT2D eigenvalue weighted by Crippen LogP contribution is 2.23. The first kappa shape index (κ1) is 19.8. The summed E-state index contributed by atoms with van der Waals surface area (Å²) in [7, 11) is 0. The molecular weight excluding hydrogens is 398 g/mol. The number of anilines is 2. The SMILES string of the molecule is O=C(Nc1ccc([N+](=O)[O-])cc1)NC1N=C(c2ccccc2)c2ccccc2NC1=O. The number of fused-ring (bicyclic) bond motifs is 1. The summed E-state index contributed by atoms with van der Waals surface area (Å²) in [4.78, 5) is 39.9. The van der Waals surface area contributed by atoms with E-state index in [4.69, 9.17) is 0 Å². The molecular formula is C22H17N5O4. The number of urea groups is 1. The maximum absolute atomic E-state index is 12.7. The third kappa shape index (κ3) is 4.40. The van der Waals surface area contributed by atoms with E-state index in [0.717, 1.165) is 11.1 Å². The van der Waals surface area contributed by atoms with Gasteiger partial charge in [0, 0.05) is 28.9 Å². The fourth-order valence-electron chi connectivity index (χ4n) is 3.14. The zero-order chi connectivity index (χ0) is 21.8. The van der Waals surface area contributed by atoms with Crippen molar-refractivity contribution in [1.82, 2.24) is 5.32 Å². The highest BCUT2D eigenvalue weighted by atomic mass is 16.6.